The van der Waals surface area contributed by atoms with Crippen LogP contribution in [0.5, 0.6) is 0 Å². The van der Waals surface area contributed by atoms with Gasteiger partial charge in [-0.15, -0.1) is 0 Å². The van der Waals surface area contributed by atoms with Crippen molar-refractivity contribution in [2.75, 3.05) is 0 Å². The summed E-state index contributed by atoms with van der Waals surface area (Å²) < 4.78 is 38.9. The van der Waals surface area contributed by atoms with Gasteiger partial charge in [-0.3, -0.25) is 0 Å². The third kappa shape index (κ3) is 2.96. The van der Waals surface area contributed by atoms with Gasteiger partial charge in [-0.1, -0.05) is 23.7 Å². The lowest BCUT2D eigenvalue weighted by molar-refractivity contribution is -0.193. The molecule has 1 aromatic rings. The van der Waals surface area contributed by atoms with Crippen LogP contribution in [0.2, 0.25) is 5.02 Å². The molecule has 0 unspecified atom stereocenters. The molecule has 0 bridgehead atoms. The number of hydrogen-bond acceptors (Lipinski definition) is 3. The average molecular weight is 253 g/mol. The third-order valence-electron chi connectivity index (χ3n) is 1.51. The van der Waals surface area contributed by atoms with Crippen molar-refractivity contribution in [3.63, 3.8) is 0 Å². The summed E-state index contributed by atoms with van der Waals surface area (Å²) >= 11 is 5.52. The summed E-state index contributed by atoms with van der Waals surface area (Å²) in [5.74, 6) is -4.01. The van der Waals surface area contributed by atoms with E-state index in [1.807, 2.05) is 0 Å². The molecule has 0 N–H and O–H groups in total. The van der Waals surface area contributed by atoms with Gasteiger partial charge in [0.2, 0.25) is 0 Å². The Morgan fingerprint density at radius 3 is 2.25 bits per heavy atom. The van der Waals surface area contributed by atoms with Gasteiger partial charge in [0, 0.05) is 0 Å². The lowest BCUT2D eigenvalue weighted by Crippen LogP contribution is -2.28. The first-order valence-electron chi connectivity index (χ1n) is 3.90. The van der Waals surface area contributed by atoms with Crippen LogP contribution >= 0.6 is 11.6 Å². The first kappa shape index (κ1) is 12.5. The number of ether oxygens (including phenoxy) is 1. The van der Waals surface area contributed by atoms with Crippen LogP contribution in [0.4, 0.5) is 13.2 Å². The van der Waals surface area contributed by atoms with E-state index in [-0.39, 0.29) is 10.6 Å². The van der Waals surface area contributed by atoms with Crippen LogP contribution in [0.25, 0.3) is 0 Å². The van der Waals surface area contributed by atoms with E-state index in [1.165, 1.54) is 18.2 Å². The maximum Gasteiger partial charge on any atom is 0.491 e. The van der Waals surface area contributed by atoms with E-state index in [9.17, 15) is 22.8 Å². The monoisotopic (exact) mass is 252 g/mol. The standard InChI is InChI=1S/C9H4ClF3O3/c10-6-4-2-1-3-5(6)7(14)16-8(15)9(11,12)13/h1-4H. The van der Waals surface area contributed by atoms with Gasteiger partial charge in [0.1, 0.15) is 0 Å². The Morgan fingerprint density at radius 1 is 1.19 bits per heavy atom. The van der Waals surface area contributed by atoms with E-state index in [4.69, 9.17) is 11.6 Å². The molecule has 1 aromatic carbocycles. The van der Waals surface area contributed by atoms with Gasteiger partial charge < -0.3 is 4.74 Å². The fourth-order valence-corrected chi connectivity index (χ4v) is 1.04. The number of hydrogen-bond donors (Lipinski definition) is 0. The van der Waals surface area contributed by atoms with Crippen molar-refractivity contribution < 1.29 is 27.5 Å². The Balaban J connectivity index is 2.82. The van der Waals surface area contributed by atoms with Gasteiger partial charge in [-0.25, -0.2) is 9.59 Å². The molecule has 0 atom stereocenters. The Hall–Kier alpha value is -1.56. The van der Waals surface area contributed by atoms with Crippen molar-refractivity contribution in [2.24, 2.45) is 0 Å². The summed E-state index contributed by atoms with van der Waals surface area (Å²) in [6.07, 6.45) is -5.21. The lowest BCUT2D eigenvalue weighted by atomic mass is 10.2. The molecule has 0 aliphatic rings. The second-order valence-electron chi connectivity index (χ2n) is 2.65. The highest BCUT2D eigenvalue weighted by Crippen LogP contribution is 2.20. The Labute approximate surface area is 92.8 Å². The molecule has 0 aliphatic heterocycles. The number of rotatable bonds is 1. The van der Waals surface area contributed by atoms with Gasteiger partial charge >= 0.3 is 18.1 Å². The van der Waals surface area contributed by atoms with Gasteiger partial charge in [-0.2, -0.15) is 13.2 Å². The minimum atomic E-state index is -5.21. The van der Waals surface area contributed by atoms with Crippen LogP contribution in [-0.4, -0.2) is 18.1 Å². The van der Waals surface area contributed by atoms with Gasteiger partial charge in [0.05, 0.1) is 10.6 Å². The highest BCUT2D eigenvalue weighted by molar-refractivity contribution is 6.33. The predicted octanol–water partition coefficient (Wildman–Crippen LogP) is 2.59. The molecule has 86 valence electrons. The molecule has 0 radical (unpaired) electrons. The zero-order valence-electron chi connectivity index (χ0n) is 7.55. The summed E-state index contributed by atoms with van der Waals surface area (Å²) in [6, 6.07) is 5.29. The normalized spacial score (nSPS) is 11.0. The van der Waals surface area contributed by atoms with E-state index >= 15 is 0 Å². The summed E-state index contributed by atoms with van der Waals surface area (Å²) in [5, 5.41) is -0.0949. The predicted molar refractivity (Wildman–Crippen MR) is 47.9 cm³/mol. The van der Waals surface area contributed by atoms with E-state index in [0.29, 0.717) is 0 Å². The average Bonchev–Trinajstić information content (AvgIpc) is 2.16. The van der Waals surface area contributed by atoms with Crippen molar-refractivity contribution in [3.05, 3.63) is 34.9 Å². The van der Waals surface area contributed by atoms with Gasteiger partial charge in [0.15, 0.2) is 0 Å². The highest BCUT2D eigenvalue weighted by Gasteiger charge is 2.42. The third-order valence-corrected chi connectivity index (χ3v) is 1.84. The van der Waals surface area contributed by atoms with Crippen LogP contribution < -0.4 is 0 Å². The Bertz CT molecular complexity index is 428. The molecule has 0 heterocycles. The summed E-state index contributed by atoms with van der Waals surface area (Å²) in [5.41, 5.74) is -0.304. The van der Waals surface area contributed by atoms with E-state index in [1.54, 1.807) is 0 Å². The molecule has 0 aliphatic carbocycles. The zero-order chi connectivity index (χ0) is 12.3. The van der Waals surface area contributed by atoms with Crippen molar-refractivity contribution in [3.8, 4) is 0 Å². The summed E-state index contributed by atoms with van der Waals surface area (Å²) in [4.78, 5) is 21.4. The minimum Gasteiger partial charge on any atom is -0.383 e. The number of halogens is 4. The SMILES string of the molecule is O=C(OC(=O)C(F)(F)F)c1ccccc1Cl. The molecule has 0 spiro atoms. The van der Waals surface area contributed by atoms with Crippen molar-refractivity contribution in [1.29, 1.82) is 0 Å². The zero-order valence-corrected chi connectivity index (χ0v) is 8.30. The molecule has 3 nitrogen and oxygen atoms in total. The fourth-order valence-electron chi connectivity index (χ4n) is 0.824. The smallest absolute Gasteiger partial charge is 0.383 e. The first-order chi connectivity index (χ1) is 7.32. The molecule has 7 heteroatoms. The number of carbonyl (C=O) groups excluding carboxylic acids is 2. The first-order valence-corrected chi connectivity index (χ1v) is 4.28. The largest absolute Gasteiger partial charge is 0.491 e. The molecule has 0 fully saturated rings. The summed E-state index contributed by atoms with van der Waals surface area (Å²) in [7, 11) is 0. The van der Waals surface area contributed by atoms with E-state index in [0.717, 1.165) is 6.07 Å². The topological polar surface area (TPSA) is 43.4 Å². The molecule has 0 saturated carbocycles. The van der Waals surface area contributed by atoms with Crippen LogP contribution in [0.3, 0.4) is 0 Å². The molecule has 1 rings (SSSR count). The number of benzene rings is 1. The molecular formula is C9H4ClF3O3. The van der Waals surface area contributed by atoms with Crippen molar-refractivity contribution >= 4 is 23.5 Å². The van der Waals surface area contributed by atoms with Crippen LogP contribution in [-0.2, 0) is 9.53 Å². The fraction of sp³-hybridized carbons (Fsp3) is 0.111. The number of carbonyl (C=O) groups is 2. The van der Waals surface area contributed by atoms with E-state index in [2.05, 4.69) is 4.74 Å². The maximum absolute atomic E-state index is 11.8. The van der Waals surface area contributed by atoms with Crippen LogP contribution in [0.1, 0.15) is 10.4 Å². The van der Waals surface area contributed by atoms with Gasteiger partial charge in [0.25, 0.3) is 0 Å². The Morgan fingerprint density at radius 2 is 1.75 bits per heavy atom. The van der Waals surface area contributed by atoms with E-state index < -0.39 is 18.1 Å². The maximum atomic E-state index is 11.8. The number of alkyl halides is 3. The highest BCUT2D eigenvalue weighted by atomic mass is 35.5. The molecule has 0 amide bonds. The molecule has 0 aromatic heterocycles. The second-order valence-corrected chi connectivity index (χ2v) is 3.06. The second kappa shape index (κ2) is 4.52. The van der Waals surface area contributed by atoms with Crippen molar-refractivity contribution in [1.82, 2.24) is 0 Å². The summed E-state index contributed by atoms with van der Waals surface area (Å²) in [6.45, 7) is 0. The van der Waals surface area contributed by atoms with Gasteiger partial charge in [-0.05, 0) is 12.1 Å². The Kier molecular flexibility index (Phi) is 3.54. The molecule has 16 heavy (non-hydrogen) atoms. The van der Waals surface area contributed by atoms with Crippen molar-refractivity contribution in [2.45, 2.75) is 6.18 Å². The quantitative estimate of drug-likeness (QED) is 0.570. The molecular weight excluding hydrogens is 249 g/mol. The lowest BCUT2D eigenvalue weighted by Gasteiger charge is -2.06. The van der Waals surface area contributed by atoms with Crippen LogP contribution in [0, 0.1) is 0 Å². The minimum absolute atomic E-state index is 0.0949. The number of esters is 2. The molecule has 0 saturated heterocycles. The van der Waals surface area contributed by atoms with Crippen LogP contribution in [0.15, 0.2) is 24.3 Å².